The van der Waals surface area contributed by atoms with E-state index in [9.17, 15) is 0 Å². The second-order valence-electron chi connectivity index (χ2n) is 8.39. The predicted octanol–water partition coefficient (Wildman–Crippen LogP) is 3.54. The number of hydrogen-bond donors (Lipinski definition) is 1. The molecule has 1 fully saturated rings. The van der Waals surface area contributed by atoms with Crippen molar-refractivity contribution >= 4 is 0 Å². The Hall–Kier alpha value is -0.120. The van der Waals surface area contributed by atoms with Crippen LogP contribution in [0.25, 0.3) is 0 Å². The Morgan fingerprint density at radius 3 is 2.48 bits per heavy atom. The summed E-state index contributed by atoms with van der Waals surface area (Å²) in [7, 11) is 0. The number of rotatable bonds is 7. The van der Waals surface area contributed by atoms with Crippen LogP contribution in [0.5, 0.6) is 0 Å². The number of nitrogens with one attached hydrogen (secondary N) is 1. The van der Waals surface area contributed by atoms with Crippen LogP contribution < -0.4 is 5.32 Å². The van der Waals surface area contributed by atoms with Crippen LogP contribution in [0.3, 0.4) is 0 Å². The van der Waals surface area contributed by atoms with E-state index in [1.807, 2.05) is 0 Å². The molecule has 0 aromatic heterocycles. The van der Waals surface area contributed by atoms with Crippen molar-refractivity contribution in [2.45, 2.75) is 72.9 Å². The average molecular weight is 299 g/mol. The van der Waals surface area contributed by atoms with E-state index in [1.54, 1.807) is 0 Å². The molecule has 0 bridgehead atoms. The van der Waals surface area contributed by atoms with Crippen LogP contribution in [0.4, 0.5) is 0 Å². The van der Waals surface area contributed by atoms with E-state index < -0.39 is 0 Å². The van der Waals surface area contributed by atoms with Crippen molar-refractivity contribution in [2.75, 3.05) is 32.8 Å². The van der Waals surface area contributed by atoms with Crippen LogP contribution in [0, 0.1) is 11.3 Å². The smallest absolute Gasteiger partial charge is 0.0593 e. The van der Waals surface area contributed by atoms with E-state index >= 15 is 0 Å². The molecule has 0 aromatic carbocycles. The molecular formula is C18H38N2O. The first-order chi connectivity index (χ1) is 9.69. The quantitative estimate of drug-likeness (QED) is 0.728. The summed E-state index contributed by atoms with van der Waals surface area (Å²) in [6.45, 7) is 21.2. The lowest BCUT2D eigenvalue weighted by Gasteiger charge is -2.51. The minimum Gasteiger partial charge on any atom is -0.380 e. The van der Waals surface area contributed by atoms with Crippen LogP contribution in [-0.4, -0.2) is 49.3 Å². The predicted molar refractivity (Wildman–Crippen MR) is 91.8 cm³/mol. The van der Waals surface area contributed by atoms with Gasteiger partial charge < -0.3 is 10.1 Å². The number of ether oxygens (including phenoxy) is 1. The topological polar surface area (TPSA) is 24.5 Å². The molecule has 126 valence electrons. The Morgan fingerprint density at radius 2 is 1.95 bits per heavy atom. The molecule has 2 atom stereocenters. The molecule has 0 spiro atoms. The largest absolute Gasteiger partial charge is 0.380 e. The lowest BCUT2D eigenvalue weighted by molar-refractivity contribution is -0.00212. The van der Waals surface area contributed by atoms with Gasteiger partial charge in [-0.3, -0.25) is 4.90 Å². The van der Waals surface area contributed by atoms with E-state index in [-0.39, 0.29) is 5.54 Å². The Balaban J connectivity index is 2.49. The van der Waals surface area contributed by atoms with Crippen molar-refractivity contribution in [3.05, 3.63) is 0 Å². The summed E-state index contributed by atoms with van der Waals surface area (Å²) in [5.41, 5.74) is 0.578. The highest BCUT2D eigenvalue weighted by molar-refractivity contribution is 4.98. The van der Waals surface area contributed by atoms with Gasteiger partial charge in [-0.1, -0.05) is 41.5 Å². The molecule has 1 N–H and O–H groups in total. The van der Waals surface area contributed by atoms with Gasteiger partial charge in [0.15, 0.2) is 0 Å². The van der Waals surface area contributed by atoms with E-state index in [4.69, 9.17) is 4.74 Å². The third-order valence-corrected chi connectivity index (χ3v) is 5.05. The highest BCUT2D eigenvalue weighted by Gasteiger charge is 2.39. The van der Waals surface area contributed by atoms with Crippen molar-refractivity contribution in [2.24, 2.45) is 11.3 Å². The van der Waals surface area contributed by atoms with Gasteiger partial charge in [0.25, 0.3) is 0 Å². The molecule has 1 saturated heterocycles. The summed E-state index contributed by atoms with van der Waals surface area (Å²) in [5, 5.41) is 3.76. The van der Waals surface area contributed by atoms with Gasteiger partial charge >= 0.3 is 0 Å². The van der Waals surface area contributed by atoms with Gasteiger partial charge in [0.05, 0.1) is 6.61 Å². The SMILES string of the molecule is CCC1(C)CNC(C(C)(C)C)CN1CCOCCC(C)C. The summed E-state index contributed by atoms with van der Waals surface area (Å²) in [4.78, 5) is 2.65. The number of hydrogen-bond acceptors (Lipinski definition) is 3. The highest BCUT2D eigenvalue weighted by atomic mass is 16.5. The Morgan fingerprint density at radius 1 is 1.29 bits per heavy atom. The van der Waals surface area contributed by atoms with Gasteiger partial charge in [-0.05, 0) is 31.1 Å². The molecule has 21 heavy (non-hydrogen) atoms. The zero-order valence-electron chi connectivity index (χ0n) is 15.5. The summed E-state index contributed by atoms with van der Waals surface area (Å²) >= 11 is 0. The summed E-state index contributed by atoms with van der Waals surface area (Å²) in [6.07, 6.45) is 2.35. The van der Waals surface area contributed by atoms with E-state index in [0.29, 0.717) is 11.5 Å². The van der Waals surface area contributed by atoms with Gasteiger partial charge in [0, 0.05) is 37.8 Å². The third-order valence-electron chi connectivity index (χ3n) is 5.05. The Kier molecular flexibility index (Phi) is 7.15. The van der Waals surface area contributed by atoms with Crippen molar-refractivity contribution in [3.8, 4) is 0 Å². The first-order valence-electron chi connectivity index (χ1n) is 8.75. The maximum absolute atomic E-state index is 5.84. The van der Waals surface area contributed by atoms with Crippen molar-refractivity contribution in [3.63, 3.8) is 0 Å². The minimum atomic E-state index is 0.267. The lowest BCUT2D eigenvalue weighted by Crippen LogP contribution is -2.66. The highest BCUT2D eigenvalue weighted by Crippen LogP contribution is 2.29. The summed E-state index contributed by atoms with van der Waals surface area (Å²) in [6, 6.07) is 0.563. The number of nitrogens with zero attached hydrogens (tertiary/aromatic N) is 1. The van der Waals surface area contributed by atoms with Crippen molar-refractivity contribution < 1.29 is 4.74 Å². The molecule has 0 aromatic rings. The zero-order valence-corrected chi connectivity index (χ0v) is 15.5. The Labute approximate surface area is 132 Å². The summed E-state index contributed by atoms with van der Waals surface area (Å²) < 4.78 is 5.84. The van der Waals surface area contributed by atoms with Gasteiger partial charge in [-0.15, -0.1) is 0 Å². The minimum absolute atomic E-state index is 0.267. The molecule has 2 unspecified atom stereocenters. The fourth-order valence-corrected chi connectivity index (χ4v) is 2.85. The first kappa shape index (κ1) is 18.9. The molecule has 1 rings (SSSR count). The summed E-state index contributed by atoms with van der Waals surface area (Å²) in [5.74, 6) is 0.732. The van der Waals surface area contributed by atoms with Crippen LogP contribution in [0.1, 0.15) is 61.3 Å². The van der Waals surface area contributed by atoms with Crippen LogP contribution in [0.2, 0.25) is 0 Å². The number of piperazine rings is 1. The second-order valence-corrected chi connectivity index (χ2v) is 8.39. The fraction of sp³-hybridized carbons (Fsp3) is 1.00. The lowest BCUT2D eigenvalue weighted by atomic mass is 9.81. The fourth-order valence-electron chi connectivity index (χ4n) is 2.85. The first-order valence-corrected chi connectivity index (χ1v) is 8.75. The van der Waals surface area contributed by atoms with E-state index in [0.717, 1.165) is 45.2 Å². The van der Waals surface area contributed by atoms with Crippen molar-refractivity contribution in [1.29, 1.82) is 0 Å². The molecule has 1 heterocycles. The molecule has 0 radical (unpaired) electrons. The Bertz CT molecular complexity index is 298. The molecule has 3 nitrogen and oxygen atoms in total. The molecule has 1 aliphatic rings. The van der Waals surface area contributed by atoms with Gasteiger partial charge in [-0.25, -0.2) is 0 Å². The monoisotopic (exact) mass is 298 g/mol. The van der Waals surface area contributed by atoms with Crippen LogP contribution >= 0.6 is 0 Å². The average Bonchev–Trinajstić information content (AvgIpc) is 2.38. The molecule has 0 aliphatic carbocycles. The standard InChI is InChI=1S/C18H38N2O/c1-8-18(7)14-19-16(17(4,5)6)13-20(18)10-12-21-11-9-15(2)3/h15-16,19H,8-14H2,1-7H3. The van der Waals surface area contributed by atoms with Crippen LogP contribution in [0.15, 0.2) is 0 Å². The molecular weight excluding hydrogens is 260 g/mol. The van der Waals surface area contributed by atoms with E-state index in [2.05, 4.69) is 58.7 Å². The molecule has 3 heteroatoms. The van der Waals surface area contributed by atoms with Gasteiger partial charge in [0.2, 0.25) is 0 Å². The second kappa shape index (κ2) is 7.94. The maximum atomic E-state index is 5.84. The zero-order chi connectivity index (χ0) is 16.1. The third kappa shape index (κ3) is 5.88. The maximum Gasteiger partial charge on any atom is 0.0593 e. The molecule has 1 aliphatic heterocycles. The molecule has 0 amide bonds. The molecule has 0 saturated carbocycles. The van der Waals surface area contributed by atoms with Crippen LogP contribution in [-0.2, 0) is 4.74 Å². The van der Waals surface area contributed by atoms with E-state index in [1.165, 1.54) is 6.42 Å². The van der Waals surface area contributed by atoms with Gasteiger partial charge in [0.1, 0.15) is 0 Å². The van der Waals surface area contributed by atoms with Crippen molar-refractivity contribution in [1.82, 2.24) is 10.2 Å². The van der Waals surface area contributed by atoms with Gasteiger partial charge in [-0.2, -0.15) is 0 Å². The normalized spacial score (nSPS) is 28.3.